The van der Waals surface area contributed by atoms with E-state index in [4.69, 9.17) is 11.6 Å². The van der Waals surface area contributed by atoms with Gasteiger partial charge in [-0.05, 0) is 48.7 Å². The van der Waals surface area contributed by atoms with E-state index in [0.29, 0.717) is 16.5 Å². The van der Waals surface area contributed by atoms with E-state index in [1.807, 2.05) is 12.1 Å². The van der Waals surface area contributed by atoms with Crippen LogP contribution in [-0.4, -0.2) is 16.8 Å². The third kappa shape index (κ3) is 4.67. The van der Waals surface area contributed by atoms with Gasteiger partial charge in [0.1, 0.15) is 5.82 Å². The van der Waals surface area contributed by atoms with Crippen LogP contribution in [0.25, 0.3) is 6.08 Å². The van der Waals surface area contributed by atoms with Crippen LogP contribution in [-0.2, 0) is 9.59 Å². The van der Waals surface area contributed by atoms with Gasteiger partial charge in [-0.3, -0.25) is 9.59 Å². The summed E-state index contributed by atoms with van der Waals surface area (Å²) in [5.74, 6) is 0.359. The highest BCUT2D eigenvalue weighted by atomic mass is 35.5. The third-order valence-electron chi connectivity index (χ3n) is 3.53. The van der Waals surface area contributed by atoms with Gasteiger partial charge in [-0.25, -0.2) is 4.98 Å². The van der Waals surface area contributed by atoms with Crippen LogP contribution in [0, 0.1) is 5.92 Å². The molecule has 0 radical (unpaired) electrons. The Balaban J connectivity index is 1.53. The molecule has 1 aromatic carbocycles. The molecule has 1 aliphatic rings. The first-order valence-corrected chi connectivity index (χ1v) is 7.99. The number of carbonyl (C=O) groups is 2. The number of anilines is 2. The van der Waals surface area contributed by atoms with E-state index in [9.17, 15) is 9.59 Å². The van der Waals surface area contributed by atoms with Gasteiger partial charge in [0.05, 0.1) is 11.9 Å². The summed E-state index contributed by atoms with van der Waals surface area (Å²) in [5, 5.41) is 6.11. The van der Waals surface area contributed by atoms with E-state index >= 15 is 0 Å². The average Bonchev–Trinajstić information content (AvgIpc) is 3.41. The maximum Gasteiger partial charge on any atom is 0.248 e. The minimum absolute atomic E-state index is 0.00480. The van der Waals surface area contributed by atoms with Crippen LogP contribution < -0.4 is 10.6 Å². The second kappa shape index (κ2) is 7.27. The highest BCUT2D eigenvalue weighted by molar-refractivity contribution is 6.30. The summed E-state index contributed by atoms with van der Waals surface area (Å²) in [6.45, 7) is 0. The summed E-state index contributed by atoms with van der Waals surface area (Å²) in [5.41, 5.74) is 1.44. The normalized spacial score (nSPS) is 13.7. The number of aromatic nitrogens is 1. The number of pyridine rings is 1. The monoisotopic (exact) mass is 341 g/mol. The van der Waals surface area contributed by atoms with Crippen molar-refractivity contribution < 1.29 is 9.59 Å². The highest BCUT2D eigenvalue weighted by Crippen LogP contribution is 2.29. The average molecular weight is 342 g/mol. The second-order valence-corrected chi connectivity index (χ2v) is 6.01. The molecule has 0 bridgehead atoms. The lowest BCUT2D eigenvalue weighted by Crippen LogP contribution is -2.14. The molecule has 6 heteroatoms. The SMILES string of the molecule is O=C(/C=C/c1ccc(Cl)cc1)Nc1ccc(NC(=O)C2CC2)nc1. The topological polar surface area (TPSA) is 71.1 Å². The number of amides is 2. The fourth-order valence-corrected chi connectivity index (χ4v) is 2.17. The number of nitrogens with one attached hydrogen (secondary N) is 2. The van der Waals surface area contributed by atoms with Gasteiger partial charge >= 0.3 is 0 Å². The predicted molar refractivity (Wildman–Crippen MR) is 94.7 cm³/mol. The number of rotatable bonds is 5. The summed E-state index contributed by atoms with van der Waals surface area (Å²) >= 11 is 5.81. The molecule has 0 unspecified atom stereocenters. The Labute approximate surface area is 144 Å². The smallest absolute Gasteiger partial charge is 0.248 e. The molecule has 0 aliphatic heterocycles. The van der Waals surface area contributed by atoms with Gasteiger partial charge in [0, 0.05) is 17.0 Å². The number of nitrogens with zero attached hydrogens (tertiary/aromatic N) is 1. The molecule has 122 valence electrons. The molecule has 24 heavy (non-hydrogen) atoms. The molecular weight excluding hydrogens is 326 g/mol. The molecule has 0 atom stereocenters. The number of benzene rings is 1. The van der Waals surface area contributed by atoms with Crippen LogP contribution in [0.5, 0.6) is 0 Å². The van der Waals surface area contributed by atoms with Crippen molar-refractivity contribution in [3.8, 4) is 0 Å². The van der Waals surface area contributed by atoms with Crippen molar-refractivity contribution in [1.82, 2.24) is 4.98 Å². The predicted octanol–water partition coefficient (Wildman–Crippen LogP) is 3.74. The van der Waals surface area contributed by atoms with E-state index in [2.05, 4.69) is 15.6 Å². The van der Waals surface area contributed by atoms with E-state index < -0.39 is 0 Å². The summed E-state index contributed by atoms with van der Waals surface area (Å²) in [4.78, 5) is 27.7. The van der Waals surface area contributed by atoms with Gasteiger partial charge in [-0.15, -0.1) is 0 Å². The third-order valence-corrected chi connectivity index (χ3v) is 3.78. The van der Waals surface area contributed by atoms with Crippen molar-refractivity contribution in [2.45, 2.75) is 12.8 Å². The minimum atomic E-state index is -0.262. The number of halogens is 1. The zero-order chi connectivity index (χ0) is 16.9. The lowest BCUT2D eigenvalue weighted by atomic mass is 10.2. The van der Waals surface area contributed by atoms with E-state index in [1.54, 1.807) is 30.3 Å². The van der Waals surface area contributed by atoms with Gasteiger partial charge in [0.15, 0.2) is 0 Å². The molecule has 1 heterocycles. The van der Waals surface area contributed by atoms with Crippen LogP contribution in [0.4, 0.5) is 11.5 Å². The first-order chi connectivity index (χ1) is 11.6. The molecule has 1 fully saturated rings. The van der Waals surface area contributed by atoms with Gasteiger partial charge in [-0.1, -0.05) is 23.7 Å². The summed E-state index contributed by atoms with van der Waals surface area (Å²) in [6, 6.07) is 10.5. The maximum atomic E-state index is 11.9. The van der Waals surface area contributed by atoms with Crippen LogP contribution in [0.1, 0.15) is 18.4 Å². The zero-order valence-electron chi connectivity index (χ0n) is 12.8. The quantitative estimate of drug-likeness (QED) is 0.814. The first kappa shape index (κ1) is 16.2. The molecule has 2 amide bonds. The zero-order valence-corrected chi connectivity index (χ0v) is 13.6. The molecule has 0 saturated heterocycles. The summed E-state index contributed by atoms with van der Waals surface area (Å²) in [7, 11) is 0. The Morgan fingerprint density at radius 2 is 1.83 bits per heavy atom. The summed E-state index contributed by atoms with van der Waals surface area (Å²) in [6.07, 6.45) is 6.53. The highest BCUT2D eigenvalue weighted by Gasteiger charge is 2.29. The standard InChI is InChI=1S/C18H16ClN3O2/c19-14-6-1-12(2-7-14)3-10-17(23)21-15-8-9-16(20-11-15)22-18(24)13-4-5-13/h1-3,6-11,13H,4-5H2,(H,21,23)(H,20,22,24)/b10-3+. The van der Waals surface area contributed by atoms with Crippen molar-refractivity contribution in [2.75, 3.05) is 10.6 Å². The van der Waals surface area contributed by atoms with Crippen molar-refractivity contribution in [3.05, 3.63) is 59.3 Å². The molecule has 1 saturated carbocycles. The molecule has 1 aromatic heterocycles. The Bertz CT molecular complexity index is 766. The number of carbonyl (C=O) groups excluding carboxylic acids is 2. The van der Waals surface area contributed by atoms with Crippen molar-refractivity contribution in [3.63, 3.8) is 0 Å². The van der Waals surface area contributed by atoms with E-state index in [0.717, 1.165) is 18.4 Å². The van der Waals surface area contributed by atoms with Gasteiger partial charge < -0.3 is 10.6 Å². The molecule has 2 aromatic rings. The molecule has 2 N–H and O–H groups in total. The Kier molecular flexibility index (Phi) is 4.91. The van der Waals surface area contributed by atoms with Gasteiger partial charge in [-0.2, -0.15) is 0 Å². The van der Waals surface area contributed by atoms with E-state index in [-0.39, 0.29) is 17.7 Å². The van der Waals surface area contributed by atoms with Crippen molar-refractivity contribution in [2.24, 2.45) is 5.92 Å². The van der Waals surface area contributed by atoms with Gasteiger partial charge in [0.25, 0.3) is 0 Å². The van der Waals surface area contributed by atoms with Gasteiger partial charge in [0.2, 0.25) is 11.8 Å². The molecule has 1 aliphatic carbocycles. The maximum absolute atomic E-state index is 11.9. The Hall–Kier alpha value is -2.66. The molecular formula is C18H16ClN3O2. The minimum Gasteiger partial charge on any atom is -0.321 e. The lowest BCUT2D eigenvalue weighted by molar-refractivity contribution is -0.117. The van der Waals surface area contributed by atoms with Crippen molar-refractivity contribution >= 4 is 41.0 Å². The summed E-state index contributed by atoms with van der Waals surface area (Å²) < 4.78 is 0. The Morgan fingerprint density at radius 1 is 1.08 bits per heavy atom. The number of hydrogen-bond acceptors (Lipinski definition) is 3. The second-order valence-electron chi connectivity index (χ2n) is 5.57. The number of hydrogen-bond donors (Lipinski definition) is 2. The van der Waals surface area contributed by atoms with Crippen LogP contribution in [0.2, 0.25) is 5.02 Å². The Morgan fingerprint density at radius 3 is 2.46 bits per heavy atom. The van der Waals surface area contributed by atoms with Crippen LogP contribution >= 0.6 is 11.6 Å². The fourth-order valence-electron chi connectivity index (χ4n) is 2.05. The molecule has 0 spiro atoms. The van der Waals surface area contributed by atoms with Crippen molar-refractivity contribution in [1.29, 1.82) is 0 Å². The molecule has 5 nitrogen and oxygen atoms in total. The van der Waals surface area contributed by atoms with Crippen LogP contribution in [0.15, 0.2) is 48.7 Å². The van der Waals surface area contributed by atoms with E-state index in [1.165, 1.54) is 12.3 Å². The fraction of sp³-hybridized carbons (Fsp3) is 0.167. The first-order valence-electron chi connectivity index (χ1n) is 7.62. The molecule has 3 rings (SSSR count). The van der Waals surface area contributed by atoms with Crippen LogP contribution in [0.3, 0.4) is 0 Å². The largest absolute Gasteiger partial charge is 0.321 e. The lowest BCUT2D eigenvalue weighted by Gasteiger charge is -2.05.